The number of H-pyrrole nitrogens is 1. The van der Waals surface area contributed by atoms with Gasteiger partial charge in [0.1, 0.15) is 0 Å². The van der Waals surface area contributed by atoms with Crippen LogP contribution in [0.25, 0.3) is 0 Å². The van der Waals surface area contributed by atoms with E-state index in [9.17, 15) is 13.2 Å². The Bertz CT molecular complexity index is 603. The lowest BCUT2D eigenvalue weighted by Gasteiger charge is -2.30. The number of sulfonamides is 1. The molecule has 0 bridgehead atoms. The molecule has 1 amide bonds. The molecule has 1 fully saturated rings. The van der Waals surface area contributed by atoms with Gasteiger partial charge in [-0.2, -0.15) is 5.10 Å². The minimum atomic E-state index is -3.14. The highest BCUT2D eigenvalue weighted by molar-refractivity contribution is 7.89. The Morgan fingerprint density at radius 1 is 1.41 bits per heavy atom. The van der Waals surface area contributed by atoms with Crippen LogP contribution in [0.15, 0.2) is 6.07 Å². The quantitative estimate of drug-likeness (QED) is 0.801. The molecule has 0 aliphatic carbocycles. The number of carbonyl (C=O) groups excluding carboxylic acids is 1. The van der Waals surface area contributed by atoms with Crippen molar-refractivity contribution in [1.82, 2.24) is 19.8 Å². The van der Waals surface area contributed by atoms with Gasteiger partial charge < -0.3 is 5.32 Å². The highest BCUT2D eigenvalue weighted by Crippen LogP contribution is 2.20. The van der Waals surface area contributed by atoms with Gasteiger partial charge in [-0.25, -0.2) is 12.7 Å². The molecule has 0 radical (unpaired) electrons. The van der Waals surface area contributed by atoms with Crippen molar-refractivity contribution in [3.05, 3.63) is 17.5 Å². The van der Waals surface area contributed by atoms with Crippen LogP contribution < -0.4 is 5.32 Å². The van der Waals surface area contributed by atoms with Crippen LogP contribution >= 0.6 is 0 Å². The van der Waals surface area contributed by atoms with E-state index in [4.69, 9.17) is 0 Å². The second-order valence-corrected chi connectivity index (χ2v) is 7.79. The first-order valence-electron chi connectivity index (χ1n) is 7.75. The molecule has 1 aromatic heterocycles. The summed E-state index contributed by atoms with van der Waals surface area (Å²) in [6, 6.07) is 1.94. The molecule has 0 spiro atoms. The van der Waals surface area contributed by atoms with Gasteiger partial charge in [-0.1, -0.05) is 6.92 Å². The number of aromatic nitrogens is 2. The van der Waals surface area contributed by atoms with Crippen LogP contribution in [0.1, 0.15) is 38.1 Å². The Labute approximate surface area is 131 Å². The molecular formula is C14H24N4O3S. The zero-order valence-electron chi connectivity index (χ0n) is 13.1. The maximum Gasteiger partial charge on any atom is 0.223 e. The lowest BCUT2D eigenvalue weighted by Crippen LogP contribution is -2.43. The van der Waals surface area contributed by atoms with Crippen LogP contribution in [0.4, 0.5) is 0 Å². The molecule has 8 heteroatoms. The molecule has 0 saturated carbocycles. The number of nitrogens with zero attached hydrogens (tertiary/aromatic N) is 2. The average molecular weight is 328 g/mol. The molecule has 0 atom stereocenters. The van der Waals surface area contributed by atoms with Crippen molar-refractivity contribution in [2.24, 2.45) is 5.92 Å². The van der Waals surface area contributed by atoms with E-state index in [0.717, 1.165) is 17.8 Å². The van der Waals surface area contributed by atoms with E-state index in [1.54, 1.807) is 6.92 Å². The van der Waals surface area contributed by atoms with E-state index in [1.165, 1.54) is 4.31 Å². The van der Waals surface area contributed by atoms with E-state index < -0.39 is 10.0 Å². The van der Waals surface area contributed by atoms with Gasteiger partial charge in [-0.05, 0) is 32.3 Å². The van der Waals surface area contributed by atoms with Crippen LogP contribution in [0, 0.1) is 5.92 Å². The maximum absolute atomic E-state index is 12.2. The number of rotatable bonds is 6. The maximum atomic E-state index is 12.2. The molecule has 2 rings (SSSR count). The van der Waals surface area contributed by atoms with Crippen molar-refractivity contribution in [1.29, 1.82) is 0 Å². The van der Waals surface area contributed by atoms with Gasteiger partial charge in [0.25, 0.3) is 0 Å². The van der Waals surface area contributed by atoms with E-state index >= 15 is 0 Å². The van der Waals surface area contributed by atoms with E-state index in [1.807, 2.05) is 13.0 Å². The van der Waals surface area contributed by atoms with Gasteiger partial charge in [0.05, 0.1) is 23.7 Å². The highest BCUT2D eigenvalue weighted by atomic mass is 32.2. The number of hydrogen-bond acceptors (Lipinski definition) is 4. The molecular weight excluding hydrogens is 304 g/mol. The number of amides is 1. The Morgan fingerprint density at radius 2 is 2.09 bits per heavy atom. The predicted molar refractivity (Wildman–Crippen MR) is 83.6 cm³/mol. The van der Waals surface area contributed by atoms with Crippen molar-refractivity contribution < 1.29 is 13.2 Å². The van der Waals surface area contributed by atoms with Crippen molar-refractivity contribution in [3.63, 3.8) is 0 Å². The van der Waals surface area contributed by atoms with E-state index in [0.29, 0.717) is 32.5 Å². The summed E-state index contributed by atoms with van der Waals surface area (Å²) in [6.07, 6.45) is 2.01. The van der Waals surface area contributed by atoms with Crippen LogP contribution in [-0.4, -0.2) is 47.7 Å². The molecule has 1 saturated heterocycles. The fourth-order valence-electron chi connectivity index (χ4n) is 2.59. The summed E-state index contributed by atoms with van der Waals surface area (Å²) >= 11 is 0. The lowest BCUT2D eigenvalue weighted by atomic mass is 9.97. The van der Waals surface area contributed by atoms with Crippen molar-refractivity contribution >= 4 is 15.9 Å². The summed E-state index contributed by atoms with van der Waals surface area (Å²) in [5.41, 5.74) is 1.86. The Morgan fingerprint density at radius 3 is 2.64 bits per heavy atom. The zero-order chi connectivity index (χ0) is 16.2. The molecule has 1 aliphatic heterocycles. The fourth-order valence-corrected chi connectivity index (χ4v) is 3.72. The minimum absolute atomic E-state index is 0.0128. The Balaban J connectivity index is 1.80. The Kier molecular flexibility index (Phi) is 5.57. The van der Waals surface area contributed by atoms with Crippen LogP contribution in [0.5, 0.6) is 0 Å². The average Bonchev–Trinajstić information content (AvgIpc) is 3.00. The zero-order valence-corrected chi connectivity index (χ0v) is 13.9. The second kappa shape index (κ2) is 7.23. The molecule has 2 N–H and O–H groups in total. The van der Waals surface area contributed by atoms with Gasteiger partial charge >= 0.3 is 0 Å². The Hall–Kier alpha value is -1.41. The fraction of sp³-hybridized carbons (Fsp3) is 0.714. The van der Waals surface area contributed by atoms with E-state index in [-0.39, 0.29) is 17.6 Å². The number of aryl methyl sites for hydroxylation is 1. The van der Waals surface area contributed by atoms with Gasteiger partial charge in [0, 0.05) is 19.0 Å². The standard InChI is InChI=1S/C14H24N4O3S/c1-3-12-9-13(17-16-12)10-15-14(19)11-5-7-18(8-6-11)22(20,21)4-2/h9,11H,3-8,10H2,1-2H3,(H,15,19)(H,16,17). The van der Waals surface area contributed by atoms with Gasteiger partial charge in [-0.3, -0.25) is 9.89 Å². The topological polar surface area (TPSA) is 95.2 Å². The third kappa shape index (κ3) is 4.07. The first-order valence-corrected chi connectivity index (χ1v) is 9.35. The van der Waals surface area contributed by atoms with E-state index in [2.05, 4.69) is 15.5 Å². The molecule has 7 nitrogen and oxygen atoms in total. The largest absolute Gasteiger partial charge is 0.350 e. The van der Waals surface area contributed by atoms with Gasteiger partial charge in [-0.15, -0.1) is 0 Å². The highest BCUT2D eigenvalue weighted by Gasteiger charge is 2.29. The molecule has 1 aliphatic rings. The SMILES string of the molecule is CCc1cc(CNC(=O)C2CCN(S(=O)(=O)CC)CC2)[nH]n1. The molecule has 124 valence electrons. The third-order valence-corrected chi connectivity index (χ3v) is 5.96. The summed E-state index contributed by atoms with van der Waals surface area (Å²) < 4.78 is 25.1. The lowest BCUT2D eigenvalue weighted by molar-refractivity contribution is -0.126. The number of carbonyl (C=O) groups is 1. The normalized spacial score (nSPS) is 17.5. The van der Waals surface area contributed by atoms with Crippen molar-refractivity contribution in [2.75, 3.05) is 18.8 Å². The molecule has 22 heavy (non-hydrogen) atoms. The number of nitrogens with one attached hydrogen (secondary N) is 2. The summed E-state index contributed by atoms with van der Waals surface area (Å²) in [5, 5.41) is 9.91. The predicted octanol–water partition coefficient (Wildman–Crippen LogP) is 0.650. The summed E-state index contributed by atoms with van der Waals surface area (Å²) in [7, 11) is -3.14. The first-order chi connectivity index (χ1) is 10.5. The smallest absolute Gasteiger partial charge is 0.223 e. The number of piperidine rings is 1. The van der Waals surface area contributed by atoms with Gasteiger partial charge in [0.15, 0.2) is 0 Å². The van der Waals surface area contributed by atoms with Crippen LogP contribution in [0.3, 0.4) is 0 Å². The molecule has 1 aromatic rings. The van der Waals surface area contributed by atoms with Crippen molar-refractivity contribution in [3.8, 4) is 0 Å². The number of aromatic amines is 1. The molecule has 0 aromatic carbocycles. The monoisotopic (exact) mass is 328 g/mol. The summed E-state index contributed by atoms with van der Waals surface area (Å²) in [4.78, 5) is 12.2. The summed E-state index contributed by atoms with van der Waals surface area (Å²) in [6.45, 7) is 4.95. The third-order valence-electron chi connectivity index (χ3n) is 4.08. The van der Waals surface area contributed by atoms with Gasteiger partial charge in [0.2, 0.25) is 15.9 Å². The number of hydrogen-bond donors (Lipinski definition) is 2. The van der Waals surface area contributed by atoms with Crippen LogP contribution in [-0.2, 0) is 27.8 Å². The van der Waals surface area contributed by atoms with Crippen LogP contribution in [0.2, 0.25) is 0 Å². The molecule has 2 heterocycles. The summed E-state index contributed by atoms with van der Waals surface area (Å²) in [5.74, 6) is -0.0123. The first kappa shape index (κ1) is 17.0. The molecule has 0 unspecified atom stereocenters. The van der Waals surface area contributed by atoms with Crippen molar-refractivity contribution in [2.45, 2.75) is 39.7 Å². The minimum Gasteiger partial charge on any atom is -0.350 e. The second-order valence-electron chi connectivity index (χ2n) is 5.53.